The molecule has 1 saturated heterocycles. The van der Waals surface area contributed by atoms with E-state index in [1.54, 1.807) is 7.11 Å². The molecule has 0 amide bonds. The minimum atomic E-state index is -0.538. The summed E-state index contributed by atoms with van der Waals surface area (Å²) >= 11 is 0. The van der Waals surface area contributed by atoms with Crippen LogP contribution in [0.5, 0.6) is 5.75 Å². The first kappa shape index (κ1) is 16.5. The minimum absolute atomic E-state index is 0.264. The van der Waals surface area contributed by atoms with Gasteiger partial charge in [0, 0.05) is 31.4 Å². The summed E-state index contributed by atoms with van der Waals surface area (Å²) in [4.78, 5) is 6.34. The van der Waals surface area contributed by atoms with Gasteiger partial charge in [0.25, 0.3) is 0 Å². The van der Waals surface area contributed by atoms with Gasteiger partial charge in [0.05, 0.1) is 33.0 Å². The Balaban J connectivity index is 1.78. The predicted octanol–water partition coefficient (Wildman–Crippen LogP) is 0.115. The van der Waals surface area contributed by atoms with E-state index in [1.165, 1.54) is 0 Å². The number of β-amino-alcohol motifs (C(OH)–C–C–N with tert-alkyl or cyclic N) is 1. The Kier molecular flexibility index (Phi) is 6.45. The molecule has 1 aliphatic rings. The molecule has 2 rings (SSSR count). The fourth-order valence-electron chi connectivity index (χ4n) is 2.23. The number of methoxy groups -OCH3 is 1. The largest absolute Gasteiger partial charge is 0.497 e. The number of guanidine groups is 1. The summed E-state index contributed by atoms with van der Waals surface area (Å²) < 4.78 is 10.4. The second-order valence-electron chi connectivity index (χ2n) is 5.15. The fraction of sp³-hybridized carbons (Fsp3) is 0.533. The zero-order valence-electron chi connectivity index (χ0n) is 12.9. The van der Waals surface area contributed by atoms with E-state index < -0.39 is 6.10 Å². The van der Waals surface area contributed by atoms with Gasteiger partial charge in [0.1, 0.15) is 5.75 Å². The van der Waals surface area contributed by atoms with Gasteiger partial charge in [-0.05, 0) is 12.1 Å². The van der Waals surface area contributed by atoms with Gasteiger partial charge < -0.3 is 25.6 Å². The van der Waals surface area contributed by atoms with Crippen molar-refractivity contribution in [2.75, 3.05) is 51.8 Å². The first-order valence-electron chi connectivity index (χ1n) is 7.36. The number of aliphatic hydroxyl groups excluding tert-OH is 1. The van der Waals surface area contributed by atoms with Crippen molar-refractivity contribution in [1.29, 1.82) is 0 Å². The molecular formula is C15H24N4O3. The summed E-state index contributed by atoms with van der Waals surface area (Å²) in [5.41, 5.74) is 6.63. The number of nitrogens with zero attached hydrogens (tertiary/aromatic N) is 2. The van der Waals surface area contributed by atoms with Crippen LogP contribution in [-0.4, -0.2) is 68.6 Å². The van der Waals surface area contributed by atoms with Crippen LogP contribution in [0.15, 0.2) is 29.3 Å². The molecule has 22 heavy (non-hydrogen) atoms. The standard InChI is InChI=1S/C15H24N4O3/c1-21-14-4-2-3-12(9-14)18-15(16)17-10-13(20)11-19-5-7-22-8-6-19/h2-4,9,13,20H,5-8,10-11H2,1H3,(H3,16,17,18). The second kappa shape index (κ2) is 8.57. The number of nitrogens with one attached hydrogen (secondary N) is 1. The summed E-state index contributed by atoms with van der Waals surface area (Å²) in [6, 6.07) is 7.41. The number of ether oxygens (including phenoxy) is 2. The van der Waals surface area contributed by atoms with Crippen molar-refractivity contribution in [3.63, 3.8) is 0 Å². The molecule has 7 nitrogen and oxygen atoms in total. The van der Waals surface area contributed by atoms with Crippen LogP contribution in [0.2, 0.25) is 0 Å². The summed E-state index contributed by atoms with van der Waals surface area (Å²) in [6.45, 7) is 3.97. The average molecular weight is 308 g/mol. The number of hydrogen-bond donors (Lipinski definition) is 3. The zero-order valence-corrected chi connectivity index (χ0v) is 12.9. The Morgan fingerprint density at radius 3 is 3.00 bits per heavy atom. The van der Waals surface area contributed by atoms with E-state index in [1.807, 2.05) is 24.3 Å². The third kappa shape index (κ3) is 5.51. The highest BCUT2D eigenvalue weighted by Gasteiger charge is 2.14. The lowest BCUT2D eigenvalue weighted by Crippen LogP contribution is -2.42. The van der Waals surface area contributed by atoms with Gasteiger partial charge in [-0.25, -0.2) is 0 Å². The molecule has 0 bridgehead atoms. The minimum Gasteiger partial charge on any atom is -0.497 e. The lowest BCUT2D eigenvalue weighted by molar-refractivity contribution is 0.0165. The summed E-state index contributed by atoms with van der Waals surface area (Å²) in [6.07, 6.45) is -0.538. The van der Waals surface area contributed by atoms with Gasteiger partial charge >= 0.3 is 0 Å². The zero-order chi connectivity index (χ0) is 15.8. The topological polar surface area (TPSA) is 92.3 Å². The average Bonchev–Trinajstić information content (AvgIpc) is 2.54. The number of hydrogen-bond acceptors (Lipinski definition) is 5. The highest BCUT2D eigenvalue weighted by atomic mass is 16.5. The van der Waals surface area contributed by atoms with Crippen LogP contribution in [0.3, 0.4) is 0 Å². The molecule has 0 aromatic heterocycles. The highest BCUT2D eigenvalue weighted by molar-refractivity contribution is 5.92. The number of rotatable bonds is 6. The first-order valence-corrected chi connectivity index (χ1v) is 7.36. The van der Waals surface area contributed by atoms with Crippen LogP contribution in [0.4, 0.5) is 5.69 Å². The lowest BCUT2D eigenvalue weighted by atomic mass is 10.3. The molecule has 7 heteroatoms. The van der Waals surface area contributed by atoms with Crippen molar-refractivity contribution < 1.29 is 14.6 Å². The van der Waals surface area contributed by atoms with E-state index in [0.717, 1.165) is 37.7 Å². The SMILES string of the molecule is COc1cccc(NC(N)=NCC(O)CN2CCOCC2)c1. The van der Waals surface area contributed by atoms with Crippen molar-refractivity contribution in [3.8, 4) is 5.75 Å². The summed E-state index contributed by atoms with van der Waals surface area (Å²) in [5.74, 6) is 1.01. The van der Waals surface area contributed by atoms with E-state index in [2.05, 4.69) is 15.2 Å². The number of anilines is 1. The second-order valence-corrected chi connectivity index (χ2v) is 5.15. The first-order chi connectivity index (χ1) is 10.7. The van der Waals surface area contributed by atoms with E-state index in [4.69, 9.17) is 15.2 Å². The van der Waals surface area contributed by atoms with Crippen molar-refractivity contribution in [2.24, 2.45) is 10.7 Å². The van der Waals surface area contributed by atoms with Crippen LogP contribution < -0.4 is 15.8 Å². The molecule has 1 fully saturated rings. The Hall–Kier alpha value is -1.83. The Morgan fingerprint density at radius 1 is 1.50 bits per heavy atom. The van der Waals surface area contributed by atoms with E-state index >= 15 is 0 Å². The van der Waals surface area contributed by atoms with Crippen LogP contribution >= 0.6 is 0 Å². The van der Waals surface area contributed by atoms with Gasteiger partial charge in [0.2, 0.25) is 0 Å². The van der Waals surface area contributed by atoms with Gasteiger partial charge in [-0.1, -0.05) is 6.07 Å². The maximum atomic E-state index is 10.0. The molecule has 1 heterocycles. The molecule has 0 saturated carbocycles. The molecule has 4 N–H and O–H groups in total. The number of benzene rings is 1. The monoisotopic (exact) mass is 308 g/mol. The molecule has 0 radical (unpaired) electrons. The van der Waals surface area contributed by atoms with E-state index in [9.17, 15) is 5.11 Å². The van der Waals surface area contributed by atoms with Crippen molar-refractivity contribution in [3.05, 3.63) is 24.3 Å². The lowest BCUT2D eigenvalue weighted by Gasteiger charge is -2.28. The number of nitrogens with two attached hydrogens (primary N) is 1. The van der Waals surface area contributed by atoms with E-state index in [0.29, 0.717) is 6.54 Å². The molecular weight excluding hydrogens is 284 g/mol. The van der Waals surface area contributed by atoms with Gasteiger partial charge in [0.15, 0.2) is 5.96 Å². The van der Waals surface area contributed by atoms with Crippen molar-refractivity contribution in [1.82, 2.24) is 4.90 Å². The Labute approximate surface area is 130 Å². The maximum absolute atomic E-state index is 10.0. The third-order valence-electron chi connectivity index (χ3n) is 3.39. The summed E-state index contributed by atoms with van der Waals surface area (Å²) in [5, 5.41) is 13.0. The molecule has 122 valence electrons. The van der Waals surface area contributed by atoms with Gasteiger partial charge in [-0.15, -0.1) is 0 Å². The van der Waals surface area contributed by atoms with Gasteiger partial charge in [-0.2, -0.15) is 0 Å². The summed E-state index contributed by atoms with van der Waals surface area (Å²) in [7, 11) is 1.61. The molecule has 0 spiro atoms. The molecule has 1 aliphatic heterocycles. The number of morpholine rings is 1. The third-order valence-corrected chi connectivity index (χ3v) is 3.39. The van der Waals surface area contributed by atoms with E-state index in [-0.39, 0.29) is 12.5 Å². The van der Waals surface area contributed by atoms with Crippen LogP contribution in [0, 0.1) is 0 Å². The molecule has 0 aliphatic carbocycles. The number of aliphatic imine (C=N–C) groups is 1. The van der Waals surface area contributed by atoms with Crippen LogP contribution in [0.1, 0.15) is 0 Å². The van der Waals surface area contributed by atoms with Crippen molar-refractivity contribution in [2.45, 2.75) is 6.10 Å². The van der Waals surface area contributed by atoms with Crippen molar-refractivity contribution >= 4 is 11.6 Å². The van der Waals surface area contributed by atoms with Gasteiger partial charge in [-0.3, -0.25) is 9.89 Å². The highest BCUT2D eigenvalue weighted by Crippen LogP contribution is 2.16. The van der Waals surface area contributed by atoms with Crippen LogP contribution in [-0.2, 0) is 4.74 Å². The number of aliphatic hydroxyl groups is 1. The van der Waals surface area contributed by atoms with Crippen LogP contribution in [0.25, 0.3) is 0 Å². The molecule has 1 unspecified atom stereocenters. The smallest absolute Gasteiger partial charge is 0.193 e. The Bertz CT molecular complexity index is 489. The Morgan fingerprint density at radius 2 is 2.27 bits per heavy atom. The molecule has 1 aromatic rings. The quantitative estimate of drug-likeness (QED) is 0.510. The predicted molar refractivity (Wildman–Crippen MR) is 86.4 cm³/mol. The molecule has 1 aromatic carbocycles. The maximum Gasteiger partial charge on any atom is 0.193 e. The molecule has 1 atom stereocenters. The normalized spacial score (nSPS) is 18.0. The fourth-order valence-corrected chi connectivity index (χ4v) is 2.23.